The van der Waals surface area contributed by atoms with Crippen molar-refractivity contribution in [2.75, 3.05) is 25.0 Å². The molecule has 3 amide bonds. The normalized spacial score (nSPS) is 16.3. The van der Waals surface area contributed by atoms with Crippen molar-refractivity contribution < 1.29 is 14.4 Å². The molecule has 2 heterocycles. The van der Waals surface area contributed by atoms with E-state index in [1.54, 1.807) is 30.3 Å². The third-order valence-corrected chi connectivity index (χ3v) is 5.09. The van der Waals surface area contributed by atoms with Crippen LogP contribution in [0.25, 0.3) is 0 Å². The molecule has 29 heavy (non-hydrogen) atoms. The van der Waals surface area contributed by atoms with E-state index in [-0.39, 0.29) is 30.1 Å². The van der Waals surface area contributed by atoms with Crippen molar-refractivity contribution in [1.82, 2.24) is 20.0 Å². The molecule has 1 aromatic carbocycles. The molecule has 3 rings (SSSR count). The first-order valence-electron chi connectivity index (χ1n) is 9.83. The quantitative estimate of drug-likeness (QED) is 0.726. The number of piperidine rings is 1. The highest BCUT2D eigenvalue weighted by Gasteiger charge is 2.25. The van der Waals surface area contributed by atoms with Gasteiger partial charge in [-0.3, -0.25) is 19.1 Å². The number of anilines is 1. The summed E-state index contributed by atoms with van der Waals surface area (Å²) in [5.74, 6) is -0.499. The Labute approximate surface area is 170 Å². The highest BCUT2D eigenvalue weighted by atomic mass is 16.2. The van der Waals surface area contributed by atoms with E-state index in [1.165, 1.54) is 4.68 Å². The Morgan fingerprint density at radius 2 is 2.07 bits per heavy atom. The summed E-state index contributed by atoms with van der Waals surface area (Å²) in [7, 11) is 1.72. The smallest absolute Gasteiger partial charge is 0.269 e. The predicted molar refractivity (Wildman–Crippen MR) is 109 cm³/mol. The van der Waals surface area contributed by atoms with Gasteiger partial charge in [0.15, 0.2) is 0 Å². The van der Waals surface area contributed by atoms with Crippen LogP contribution in [-0.2, 0) is 16.6 Å². The third kappa shape index (κ3) is 5.66. The van der Waals surface area contributed by atoms with Gasteiger partial charge in [0.2, 0.25) is 11.8 Å². The number of hydrogen-bond donors (Lipinski definition) is 2. The van der Waals surface area contributed by atoms with Gasteiger partial charge in [-0.05, 0) is 49.4 Å². The Morgan fingerprint density at radius 3 is 2.79 bits per heavy atom. The fourth-order valence-corrected chi connectivity index (χ4v) is 3.56. The van der Waals surface area contributed by atoms with Gasteiger partial charge < -0.3 is 15.5 Å². The molecule has 1 saturated heterocycles. The Kier molecular flexibility index (Phi) is 6.64. The van der Waals surface area contributed by atoms with E-state index >= 15 is 0 Å². The minimum Gasteiger partial charge on any atom is -0.350 e. The van der Waals surface area contributed by atoms with Gasteiger partial charge >= 0.3 is 0 Å². The number of aryl methyl sites for hydroxylation is 2. The van der Waals surface area contributed by atoms with Crippen LogP contribution < -0.4 is 10.6 Å². The monoisotopic (exact) mass is 397 g/mol. The lowest BCUT2D eigenvalue weighted by Crippen LogP contribution is -2.44. The molecule has 0 aliphatic carbocycles. The third-order valence-electron chi connectivity index (χ3n) is 5.09. The van der Waals surface area contributed by atoms with Gasteiger partial charge in [0, 0.05) is 38.6 Å². The van der Waals surface area contributed by atoms with Crippen molar-refractivity contribution in [2.45, 2.75) is 26.2 Å². The fourth-order valence-electron chi connectivity index (χ4n) is 3.56. The molecule has 1 aliphatic rings. The number of carbonyl (C=O) groups is 3. The lowest BCUT2D eigenvalue weighted by atomic mass is 9.97. The van der Waals surface area contributed by atoms with Gasteiger partial charge in [0.1, 0.15) is 12.1 Å². The van der Waals surface area contributed by atoms with Crippen LogP contribution in [0.4, 0.5) is 5.69 Å². The second-order valence-corrected chi connectivity index (χ2v) is 7.49. The number of likely N-dealkylation sites (tertiary alicyclic amines) is 1. The van der Waals surface area contributed by atoms with Gasteiger partial charge in [0.25, 0.3) is 5.91 Å². The van der Waals surface area contributed by atoms with Gasteiger partial charge in [0.05, 0.1) is 0 Å². The zero-order valence-electron chi connectivity index (χ0n) is 16.9. The Bertz CT molecular complexity index is 892. The average Bonchev–Trinajstić information content (AvgIpc) is 3.12. The molecule has 2 N–H and O–H groups in total. The van der Waals surface area contributed by atoms with Crippen molar-refractivity contribution in [1.29, 1.82) is 0 Å². The van der Waals surface area contributed by atoms with Gasteiger partial charge in [-0.25, -0.2) is 0 Å². The Balaban J connectivity index is 1.46. The van der Waals surface area contributed by atoms with Crippen LogP contribution in [-0.4, -0.2) is 52.0 Å². The molecule has 2 aromatic rings. The van der Waals surface area contributed by atoms with E-state index in [1.807, 2.05) is 25.1 Å². The van der Waals surface area contributed by atoms with Gasteiger partial charge in [-0.2, -0.15) is 5.10 Å². The fraction of sp³-hybridized carbons (Fsp3) is 0.429. The van der Waals surface area contributed by atoms with E-state index in [0.29, 0.717) is 31.0 Å². The van der Waals surface area contributed by atoms with Gasteiger partial charge in [-0.1, -0.05) is 12.1 Å². The first-order chi connectivity index (χ1) is 13.9. The number of rotatable bonds is 6. The molecule has 1 fully saturated rings. The van der Waals surface area contributed by atoms with Crippen LogP contribution in [0.3, 0.4) is 0 Å². The number of nitrogens with zero attached hydrogens (tertiary/aromatic N) is 3. The number of hydrogen-bond acceptors (Lipinski definition) is 4. The summed E-state index contributed by atoms with van der Waals surface area (Å²) in [6, 6.07) is 9.14. The van der Waals surface area contributed by atoms with Crippen LogP contribution in [0.5, 0.6) is 0 Å². The molecule has 1 atom stereocenters. The SMILES string of the molecule is Cc1cccc(NC(=O)CC(=O)N2CCCC(CNC(=O)c3ccnn3C)C2)c1. The van der Waals surface area contributed by atoms with Crippen molar-refractivity contribution >= 4 is 23.4 Å². The predicted octanol–water partition coefficient (Wildman–Crippen LogP) is 1.73. The minimum atomic E-state index is -0.313. The highest BCUT2D eigenvalue weighted by molar-refractivity contribution is 6.03. The van der Waals surface area contributed by atoms with E-state index in [0.717, 1.165) is 18.4 Å². The summed E-state index contributed by atoms with van der Waals surface area (Å²) in [4.78, 5) is 38.7. The molecule has 8 nitrogen and oxygen atoms in total. The Morgan fingerprint density at radius 1 is 1.24 bits per heavy atom. The van der Waals surface area contributed by atoms with Crippen molar-refractivity contribution in [3.8, 4) is 0 Å². The molecule has 0 bridgehead atoms. The maximum atomic E-state index is 12.5. The second kappa shape index (κ2) is 9.36. The number of nitrogens with one attached hydrogen (secondary N) is 2. The largest absolute Gasteiger partial charge is 0.350 e. The summed E-state index contributed by atoms with van der Waals surface area (Å²) < 4.78 is 1.53. The molecule has 1 aliphatic heterocycles. The van der Waals surface area contributed by atoms with E-state index in [2.05, 4.69) is 15.7 Å². The average molecular weight is 397 g/mol. The maximum Gasteiger partial charge on any atom is 0.269 e. The molecule has 0 radical (unpaired) electrons. The zero-order valence-corrected chi connectivity index (χ0v) is 16.9. The maximum absolute atomic E-state index is 12.5. The molecular weight excluding hydrogens is 370 g/mol. The standard InChI is InChI=1S/C21H27N5O3/c1-15-5-3-7-17(11-15)24-19(27)12-20(28)26-10-4-6-16(14-26)13-22-21(29)18-8-9-23-25(18)2/h3,5,7-9,11,16H,4,6,10,12-14H2,1-2H3,(H,22,29)(H,24,27). The summed E-state index contributed by atoms with van der Waals surface area (Å²) in [6.07, 6.45) is 3.20. The van der Waals surface area contributed by atoms with E-state index in [9.17, 15) is 14.4 Å². The minimum absolute atomic E-state index is 0.171. The summed E-state index contributed by atoms with van der Waals surface area (Å²) in [5, 5.41) is 9.69. The number of amides is 3. The lowest BCUT2D eigenvalue weighted by Gasteiger charge is -2.32. The molecule has 154 valence electrons. The highest BCUT2D eigenvalue weighted by Crippen LogP contribution is 2.17. The molecule has 0 saturated carbocycles. The van der Waals surface area contributed by atoms with Crippen molar-refractivity contribution in [3.63, 3.8) is 0 Å². The first-order valence-corrected chi connectivity index (χ1v) is 9.83. The number of carbonyl (C=O) groups excluding carboxylic acids is 3. The van der Waals surface area contributed by atoms with Crippen LogP contribution in [0.15, 0.2) is 36.5 Å². The summed E-state index contributed by atoms with van der Waals surface area (Å²) >= 11 is 0. The van der Waals surface area contributed by atoms with Crippen LogP contribution in [0.2, 0.25) is 0 Å². The van der Waals surface area contributed by atoms with Crippen LogP contribution in [0.1, 0.15) is 35.3 Å². The topological polar surface area (TPSA) is 96.3 Å². The van der Waals surface area contributed by atoms with Gasteiger partial charge in [-0.15, -0.1) is 0 Å². The van der Waals surface area contributed by atoms with E-state index in [4.69, 9.17) is 0 Å². The Hall–Kier alpha value is -3.16. The molecule has 1 unspecified atom stereocenters. The number of benzene rings is 1. The molecule has 8 heteroatoms. The zero-order chi connectivity index (χ0) is 20.8. The summed E-state index contributed by atoms with van der Waals surface area (Å²) in [6.45, 7) is 3.62. The molecular formula is C21H27N5O3. The van der Waals surface area contributed by atoms with Crippen molar-refractivity contribution in [3.05, 3.63) is 47.8 Å². The van der Waals surface area contributed by atoms with Crippen LogP contribution in [0, 0.1) is 12.8 Å². The van der Waals surface area contributed by atoms with E-state index < -0.39 is 0 Å². The van der Waals surface area contributed by atoms with Crippen LogP contribution >= 0.6 is 0 Å². The molecule has 1 aromatic heterocycles. The lowest BCUT2D eigenvalue weighted by molar-refractivity contribution is -0.136. The number of aromatic nitrogens is 2. The summed E-state index contributed by atoms with van der Waals surface area (Å²) in [5.41, 5.74) is 2.24. The first kappa shape index (κ1) is 20.6. The second-order valence-electron chi connectivity index (χ2n) is 7.49. The van der Waals surface area contributed by atoms with Crippen molar-refractivity contribution in [2.24, 2.45) is 13.0 Å². The molecule has 0 spiro atoms.